The van der Waals surface area contributed by atoms with E-state index in [9.17, 15) is 13.2 Å². The molecule has 0 radical (unpaired) electrons. The van der Waals surface area contributed by atoms with Gasteiger partial charge in [-0.2, -0.15) is 0 Å². The van der Waals surface area contributed by atoms with Crippen molar-refractivity contribution in [3.8, 4) is 5.75 Å². The van der Waals surface area contributed by atoms with Crippen LogP contribution < -0.4 is 14.8 Å². The number of carbonyl (C=O) groups is 1. The summed E-state index contributed by atoms with van der Waals surface area (Å²) in [4.78, 5) is 12.4. The third-order valence-corrected chi connectivity index (χ3v) is 6.71. The Labute approximate surface area is 189 Å². The summed E-state index contributed by atoms with van der Waals surface area (Å²) in [5, 5.41) is 2.89. The Balaban J connectivity index is 1.49. The zero-order chi connectivity index (χ0) is 23.0. The molecule has 0 aliphatic rings. The minimum Gasteiger partial charge on any atom is -0.497 e. The highest BCUT2D eigenvalue weighted by molar-refractivity contribution is 7.89. The highest BCUT2D eigenvalue weighted by atomic mass is 32.2. The summed E-state index contributed by atoms with van der Waals surface area (Å²) in [6.07, 6.45) is 0.855. The largest absolute Gasteiger partial charge is 0.497 e. The zero-order valence-electron chi connectivity index (χ0n) is 18.2. The average Bonchev–Trinajstić information content (AvgIpc) is 2.82. The van der Waals surface area contributed by atoms with Crippen LogP contribution >= 0.6 is 0 Å². The molecule has 32 heavy (non-hydrogen) atoms. The van der Waals surface area contributed by atoms with Crippen molar-refractivity contribution in [2.45, 2.75) is 37.2 Å². The summed E-state index contributed by atoms with van der Waals surface area (Å²) < 4.78 is 33.2. The van der Waals surface area contributed by atoms with Crippen molar-refractivity contribution in [1.82, 2.24) is 10.0 Å². The maximum absolute atomic E-state index is 12.7. The molecule has 0 bridgehead atoms. The molecule has 0 saturated heterocycles. The van der Waals surface area contributed by atoms with E-state index in [1.807, 2.05) is 61.5 Å². The van der Waals surface area contributed by atoms with E-state index in [-0.39, 0.29) is 16.8 Å². The molecule has 7 heteroatoms. The van der Waals surface area contributed by atoms with Gasteiger partial charge in [-0.25, -0.2) is 13.1 Å². The first kappa shape index (κ1) is 23.5. The summed E-state index contributed by atoms with van der Waals surface area (Å²) in [7, 11) is -2.03. The van der Waals surface area contributed by atoms with Gasteiger partial charge in [0.1, 0.15) is 5.75 Å². The van der Waals surface area contributed by atoms with Crippen molar-refractivity contribution in [3.05, 3.63) is 95.6 Å². The van der Waals surface area contributed by atoms with E-state index in [1.54, 1.807) is 31.4 Å². The molecule has 2 N–H and O–H groups in total. The lowest BCUT2D eigenvalue weighted by atomic mass is 10.1. The molecule has 168 valence electrons. The number of hydrogen-bond donors (Lipinski definition) is 2. The van der Waals surface area contributed by atoms with Crippen LogP contribution in [0.1, 0.15) is 36.1 Å². The van der Waals surface area contributed by atoms with Gasteiger partial charge in [-0.3, -0.25) is 4.79 Å². The highest BCUT2D eigenvalue weighted by Gasteiger charge is 2.18. The van der Waals surface area contributed by atoms with E-state index in [1.165, 1.54) is 0 Å². The van der Waals surface area contributed by atoms with Gasteiger partial charge in [-0.05, 0) is 54.3 Å². The molecule has 3 rings (SSSR count). The summed E-state index contributed by atoms with van der Waals surface area (Å²) in [6, 6.07) is 23.2. The first-order valence-corrected chi connectivity index (χ1v) is 11.9. The van der Waals surface area contributed by atoms with Crippen molar-refractivity contribution in [1.29, 1.82) is 0 Å². The third kappa shape index (κ3) is 6.67. The number of aryl methyl sites for hydroxylation is 1. The molecule has 6 nitrogen and oxygen atoms in total. The maximum Gasteiger partial charge on any atom is 0.241 e. The number of benzene rings is 3. The minimum absolute atomic E-state index is 0.0594. The first-order chi connectivity index (χ1) is 15.4. The highest BCUT2D eigenvalue weighted by Crippen LogP contribution is 2.18. The van der Waals surface area contributed by atoms with Gasteiger partial charge in [0.2, 0.25) is 15.9 Å². The molecule has 3 aromatic carbocycles. The molecule has 1 atom stereocenters. The van der Waals surface area contributed by atoms with Gasteiger partial charge in [-0.15, -0.1) is 0 Å². The quantitative estimate of drug-likeness (QED) is 0.487. The molecular weight excluding hydrogens is 424 g/mol. The molecule has 0 aliphatic carbocycles. The Morgan fingerprint density at radius 2 is 1.53 bits per heavy atom. The minimum atomic E-state index is -3.64. The van der Waals surface area contributed by atoms with Crippen molar-refractivity contribution >= 4 is 15.9 Å². The SMILES string of the molecule is COc1ccc(CNC(=O)CCc2ccc(S(=O)(=O)N[C@@H](C)c3ccccc3)cc2)cc1. The number of ether oxygens (including phenoxy) is 1. The Kier molecular flexibility index (Phi) is 8.03. The lowest BCUT2D eigenvalue weighted by Gasteiger charge is -2.15. The van der Waals surface area contributed by atoms with Gasteiger partial charge in [0.25, 0.3) is 0 Å². The first-order valence-electron chi connectivity index (χ1n) is 10.4. The topological polar surface area (TPSA) is 84.5 Å². The number of methoxy groups -OCH3 is 1. The molecule has 0 saturated carbocycles. The molecule has 0 aromatic heterocycles. The smallest absolute Gasteiger partial charge is 0.241 e. The van der Waals surface area contributed by atoms with Gasteiger partial charge < -0.3 is 10.1 Å². The van der Waals surface area contributed by atoms with Gasteiger partial charge in [0, 0.05) is 19.0 Å². The molecule has 0 fully saturated rings. The van der Waals surface area contributed by atoms with Crippen LogP contribution in [0.15, 0.2) is 83.8 Å². The maximum atomic E-state index is 12.7. The van der Waals surface area contributed by atoms with Gasteiger partial charge in [0.15, 0.2) is 0 Å². The van der Waals surface area contributed by atoms with Gasteiger partial charge in [0.05, 0.1) is 12.0 Å². The van der Waals surface area contributed by atoms with E-state index >= 15 is 0 Å². The van der Waals surface area contributed by atoms with E-state index in [4.69, 9.17) is 4.74 Å². The molecular formula is C25H28N2O4S. The summed E-state index contributed by atoms with van der Waals surface area (Å²) in [6.45, 7) is 2.26. The van der Waals surface area contributed by atoms with E-state index in [0.717, 1.165) is 22.4 Å². The van der Waals surface area contributed by atoms with Crippen molar-refractivity contribution in [2.75, 3.05) is 7.11 Å². The second kappa shape index (κ2) is 10.9. The standard InChI is InChI=1S/C25H28N2O4S/c1-19(22-6-4-3-5-7-22)27-32(29,30)24-15-10-20(11-16-24)12-17-25(28)26-18-21-8-13-23(31-2)14-9-21/h3-11,13-16,19,27H,12,17-18H2,1-2H3,(H,26,28)/t19-/m0/s1. The Bertz CT molecular complexity index is 1110. The molecule has 0 aliphatic heterocycles. The predicted molar refractivity (Wildman–Crippen MR) is 125 cm³/mol. The van der Waals surface area contributed by atoms with E-state index in [0.29, 0.717) is 19.4 Å². The monoisotopic (exact) mass is 452 g/mol. The van der Waals surface area contributed by atoms with Crippen LogP contribution in [0.5, 0.6) is 5.75 Å². The van der Waals surface area contributed by atoms with Gasteiger partial charge >= 0.3 is 0 Å². The zero-order valence-corrected chi connectivity index (χ0v) is 19.1. The summed E-state index contributed by atoms with van der Waals surface area (Å²) in [5.41, 5.74) is 2.79. The van der Waals surface area contributed by atoms with Gasteiger partial charge in [-0.1, -0.05) is 54.6 Å². The Hall–Kier alpha value is -3.16. The van der Waals surface area contributed by atoms with E-state index < -0.39 is 10.0 Å². The number of amides is 1. The van der Waals surface area contributed by atoms with Crippen LogP contribution in [0.2, 0.25) is 0 Å². The predicted octanol–water partition coefficient (Wildman–Crippen LogP) is 3.98. The summed E-state index contributed by atoms with van der Waals surface area (Å²) >= 11 is 0. The number of carbonyl (C=O) groups excluding carboxylic acids is 1. The number of rotatable bonds is 10. The second-order valence-electron chi connectivity index (χ2n) is 7.52. The number of nitrogens with one attached hydrogen (secondary N) is 2. The van der Waals surface area contributed by atoms with Crippen LogP contribution in [0.3, 0.4) is 0 Å². The fourth-order valence-electron chi connectivity index (χ4n) is 3.24. The Morgan fingerprint density at radius 1 is 0.906 bits per heavy atom. The van der Waals surface area contributed by atoms with Crippen LogP contribution in [0, 0.1) is 0 Å². The molecule has 0 spiro atoms. The van der Waals surface area contributed by atoms with Crippen LogP contribution in [-0.4, -0.2) is 21.4 Å². The summed E-state index contributed by atoms with van der Waals surface area (Å²) in [5.74, 6) is 0.714. The molecule has 0 heterocycles. The molecule has 3 aromatic rings. The number of hydrogen-bond acceptors (Lipinski definition) is 4. The number of sulfonamides is 1. The average molecular weight is 453 g/mol. The fraction of sp³-hybridized carbons (Fsp3) is 0.240. The van der Waals surface area contributed by atoms with Crippen molar-refractivity contribution in [3.63, 3.8) is 0 Å². The van der Waals surface area contributed by atoms with Crippen LogP contribution in [0.25, 0.3) is 0 Å². The lowest BCUT2D eigenvalue weighted by Crippen LogP contribution is -2.26. The normalized spacial score (nSPS) is 12.2. The van der Waals surface area contributed by atoms with E-state index in [2.05, 4.69) is 10.0 Å². The lowest BCUT2D eigenvalue weighted by molar-refractivity contribution is -0.121. The van der Waals surface area contributed by atoms with Crippen LogP contribution in [0.4, 0.5) is 0 Å². The second-order valence-corrected chi connectivity index (χ2v) is 9.24. The van der Waals surface area contributed by atoms with Crippen molar-refractivity contribution < 1.29 is 17.9 Å². The van der Waals surface area contributed by atoms with Crippen molar-refractivity contribution in [2.24, 2.45) is 0 Å². The molecule has 1 amide bonds. The fourth-order valence-corrected chi connectivity index (χ4v) is 4.47. The Morgan fingerprint density at radius 3 is 2.16 bits per heavy atom. The molecule has 0 unspecified atom stereocenters. The van der Waals surface area contributed by atoms with Crippen LogP contribution in [-0.2, 0) is 27.8 Å². The third-order valence-electron chi connectivity index (χ3n) is 5.15.